The number of hydrogen-bond donors (Lipinski definition) is 0. The fourth-order valence-electron chi connectivity index (χ4n) is 4.61. The lowest BCUT2D eigenvalue weighted by Crippen LogP contribution is -2.45. The van der Waals surface area contributed by atoms with Gasteiger partial charge in [0.1, 0.15) is 6.54 Å². The molecule has 0 bridgehead atoms. The highest BCUT2D eigenvalue weighted by Gasteiger charge is 2.33. The van der Waals surface area contributed by atoms with E-state index in [1.54, 1.807) is 7.11 Å². The van der Waals surface area contributed by atoms with Gasteiger partial charge in [0.2, 0.25) is 5.91 Å². The van der Waals surface area contributed by atoms with Crippen LogP contribution >= 0.6 is 0 Å². The fourth-order valence-corrected chi connectivity index (χ4v) is 4.61. The van der Waals surface area contributed by atoms with Crippen molar-refractivity contribution in [3.05, 3.63) is 12.2 Å². The summed E-state index contributed by atoms with van der Waals surface area (Å²) in [6.45, 7) is 8.18. The van der Waals surface area contributed by atoms with Crippen molar-refractivity contribution in [1.29, 1.82) is 0 Å². The first kappa shape index (κ1) is 49.7. The molecule has 2 rings (SSSR count). The molecule has 0 radical (unpaired) electrons. The number of rotatable bonds is 39. The number of nitrogens with zero attached hydrogens (tertiary/aromatic N) is 3. The minimum atomic E-state index is -0.895. The Labute approximate surface area is 332 Å². The second kappa shape index (κ2) is 33.5. The summed E-state index contributed by atoms with van der Waals surface area (Å²) in [5, 5.41) is 0.421. The maximum Gasteiger partial charge on any atom is 0.334 e. The molecule has 57 heavy (non-hydrogen) atoms. The van der Waals surface area contributed by atoms with Gasteiger partial charge in [-0.1, -0.05) is 0 Å². The molecule has 0 unspecified atom stereocenters. The molecule has 0 atom stereocenters. The summed E-state index contributed by atoms with van der Waals surface area (Å²) >= 11 is 0. The van der Waals surface area contributed by atoms with E-state index in [1.807, 2.05) is 0 Å². The predicted molar refractivity (Wildman–Crippen MR) is 194 cm³/mol. The van der Waals surface area contributed by atoms with Crippen molar-refractivity contribution in [2.75, 3.05) is 165 Å². The van der Waals surface area contributed by atoms with Gasteiger partial charge in [0.05, 0.1) is 145 Å². The zero-order valence-corrected chi connectivity index (χ0v) is 32.9. The van der Waals surface area contributed by atoms with Crippen molar-refractivity contribution in [3.8, 4) is 0 Å². The van der Waals surface area contributed by atoms with Crippen LogP contribution in [0.15, 0.2) is 12.2 Å². The van der Waals surface area contributed by atoms with Crippen LogP contribution in [0.2, 0.25) is 0 Å². The van der Waals surface area contributed by atoms with Gasteiger partial charge in [-0.05, 0) is 0 Å². The minimum absolute atomic E-state index is 0.0257. The highest BCUT2D eigenvalue weighted by molar-refractivity contribution is 6.14. The number of carbonyl (C=O) groups is 6. The third-order valence-corrected chi connectivity index (χ3v) is 7.62. The van der Waals surface area contributed by atoms with Crippen LogP contribution in [0.1, 0.15) is 19.3 Å². The molecule has 2 heterocycles. The normalized spacial score (nSPS) is 14.1. The number of carbonyl (C=O) groups excluding carboxylic acids is 6. The zero-order chi connectivity index (χ0) is 41.2. The van der Waals surface area contributed by atoms with Crippen LogP contribution in [0, 0.1) is 0 Å². The average molecular weight is 822 g/mol. The second-order valence-electron chi connectivity index (χ2n) is 11.9. The summed E-state index contributed by atoms with van der Waals surface area (Å²) in [4.78, 5) is 79.3. The quantitative estimate of drug-likeness (QED) is 0.0511. The number of hydroxylamine groups is 2. The van der Waals surface area contributed by atoms with Crippen molar-refractivity contribution in [1.82, 2.24) is 14.9 Å². The standard InChI is InChI=1S/C36H59N3O18/c1-46-10-11-48-14-15-50-18-19-52-22-23-54-26-27-56-29-28-55-25-24-53-21-20-51-17-16-49-13-12-47-9-8-37(35(44)30-38-31(40)2-3-32(38)41)7-6-36(45)57-39-33(42)4-5-34(39)43/h2-3H,4-30H2,1H3. The molecular formula is C36H59N3O18. The van der Waals surface area contributed by atoms with Crippen LogP contribution in [-0.4, -0.2) is 216 Å². The first-order chi connectivity index (χ1) is 27.8. The summed E-state index contributed by atoms with van der Waals surface area (Å²) < 4.78 is 59.4. The predicted octanol–water partition coefficient (Wildman–Crippen LogP) is -1.45. The van der Waals surface area contributed by atoms with Crippen LogP contribution < -0.4 is 0 Å². The van der Waals surface area contributed by atoms with Crippen LogP contribution in [-0.2, 0) is 85.7 Å². The summed E-state index contributed by atoms with van der Waals surface area (Å²) in [5.74, 6) is -4.00. The second-order valence-corrected chi connectivity index (χ2v) is 11.9. The Hall–Kier alpha value is -3.48. The summed E-state index contributed by atoms with van der Waals surface area (Å²) in [7, 11) is 1.63. The van der Waals surface area contributed by atoms with E-state index >= 15 is 0 Å². The first-order valence-corrected chi connectivity index (χ1v) is 19.0. The Kier molecular flexibility index (Phi) is 29.2. The number of amides is 5. The molecule has 0 aliphatic carbocycles. The molecule has 21 heteroatoms. The molecular weight excluding hydrogens is 762 g/mol. The lowest BCUT2D eigenvalue weighted by molar-refractivity contribution is -0.197. The van der Waals surface area contributed by atoms with Crippen molar-refractivity contribution in [2.24, 2.45) is 0 Å². The van der Waals surface area contributed by atoms with E-state index in [-0.39, 0.29) is 52.2 Å². The maximum absolute atomic E-state index is 12.9. The molecule has 0 aromatic heterocycles. The summed E-state index contributed by atoms with van der Waals surface area (Å²) in [6.07, 6.45) is 1.67. The molecule has 5 amide bonds. The molecule has 1 fully saturated rings. The van der Waals surface area contributed by atoms with Gasteiger partial charge < -0.3 is 61.8 Å². The van der Waals surface area contributed by atoms with E-state index < -0.39 is 42.0 Å². The Morgan fingerprint density at radius 2 is 0.842 bits per heavy atom. The van der Waals surface area contributed by atoms with Gasteiger partial charge in [-0.2, -0.15) is 0 Å². The highest BCUT2D eigenvalue weighted by atomic mass is 16.7. The topological polar surface area (TPSA) is 223 Å². The van der Waals surface area contributed by atoms with Crippen LogP contribution in [0.4, 0.5) is 0 Å². The van der Waals surface area contributed by atoms with E-state index in [2.05, 4.69) is 0 Å². The Bertz CT molecular complexity index is 1160. The van der Waals surface area contributed by atoms with E-state index in [4.69, 9.17) is 56.9 Å². The average Bonchev–Trinajstić information content (AvgIpc) is 3.69. The van der Waals surface area contributed by atoms with Gasteiger partial charge in [0, 0.05) is 45.2 Å². The number of hydrogen-bond acceptors (Lipinski definition) is 18. The van der Waals surface area contributed by atoms with E-state index in [1.165, 1.54) is 4.90 Å². The first-order valence-electron chi connectivity index (χ1n) is 19.0. The van der Waals surface area contributed by atoms with Crippen LogP contribution in [0.5, 0.6) is 0 Å². The Morgan fingerprint density at radius 1 is 0.509 bits per heavy atom. The van der Waals surface area contributed by atoms with Crippen molar-refractivity contribution in [3.63, 3.8) is 0 Å². The van der Waals surface area contributed by atoms with Gasteiger partial charge in [0.15, 0.2) is 0 Å². The largest absolute Gasteiger partial charge is 0.382 e. The molecule has 0 spiro atoms. The van der Waals surface area contributed by atoms with Crippen molar-refractivity contribution < 1.29 is 85.7 Å². The third-order valence-electron chi connectivity index (χ3n) is 7.62. The van der Waals surface area contributed by atoms with Crippen LogP contribution in [0.25, 0.3) is 0 Å². The van der Waals surface area contributed by atoms with Gasteiger partial charge >= 0.3 is 5.97 Å². The van der Waals surface area contributed by atoms with Gasteiger partial charge in [-0.3, -0.25) is 28.9 Å². The maximum atomic E-state index is 12.9. The van der Waals surface area contributed by atoms with Crippen molar-refractivity contribution >= 4 is 35.5 Å². The molecule has 0 aromatic carbocycles. The van der Waals surface area contributed by atoms with Gasteiger partial charge in [-0.15, -0.1) is 5.06 Å². The molecule has 0 saturated carbocycles. The lowest BCUT2D eigenvalue weighted by atomic mass is 10.3. The van der Waals surface area contributed by atoms with Crippen molar-refractivity contribution in [2.45, 2.75) is 19.3 Å². The van der Waals surface area contributed by atoms with E-state index in [0.29, 0.717) is 124 Å². The number of methoxy groups -OCH3 is 1. The zero-order valence-electron chi connectivity index (χ0n) is 32.9. The fraction of sp³-hybridized carbons (Fsp3) is 0.778. The summed E-state index contributed by atoms with van der Waals surface area (Å²) in [6, 6.07) is 0. The molecule has 1 saturated heterocycles. The smallest absolute Gasteiger partial charge is 0.334 e. The third kappa shape index (κ3) is 24.8. The molecule has 2 aliphatic rings. The molecule has 2 aliphatic heterocycles. The minimum Gasteiger partial charge on any atom is -0.382 e. The van der Waals surface area contributed by atoms with Gasteiger partial charge in [0.25, 0.3) is 23.6 Å². The highest BCUT2D eigenvalue weighted by Crippen LogP contribution is 2.13. The Morgan fingerprint density at radius 3 is 1.19 bits per heavy atom. The SMILES string of the molecule is COCCOCCOCCOCCOCCOCCOCCOCCOCCOCCOCCN(CCC(=O)ON1C(=O)CCC1=O)C(=O)CN1C(=O)C=CC1=O. The summed E-state index contributed by atoms with van der Waals surface area (Å²) in [5.41, 5.74) is 0. The number of ether oxygens (including phenoxy) is 11. The van der Waals surface area contributed by atoms with Crippen LogP contribution in [0.3, 0.4) is 0 Å². The Balaban J connectivity index is 1.36. The molecule has 326 valence electrons. The molecule has 21 nitrogen and oxygen atoms in total. The number of imide groups is 2. The molecule has 0 N–H and O–H groups in total. The molecule has 0 aromatic rings. The van der Waals surface area contributed by atoms with Gasteiger partial charge in [-0.25, -0.2) is 4.79 Å². The van der Waals surface area contributed by atoms with E-state index in [0.717, 1.165) is 17.1 Å². The van der Waals surface area contributed by atoms with E-state index in [9.17, 15) is 28.8 Å². The lowest BCUT2D eigenvalue weighted by Gasteiger charge is -2.25. The monoisotopic (exact) mass is 821 g/mol.